The summed E-state index contributed by atoms with van der Waals surface area (Å²) in [5.41, 5.74) is 11.8. The van der Waals surface area contributed by atoms with Crippen LogP contribution >= 0.6 is 85.1 Å². The number of urea groups is 1. The fourth-order valence-electron chi connectivity index (χ4n) is 15.1. The molecule has 8 rings (SSSR count). The molecule has 2 aromatic rings. The van der Waals surface area contributed by atoms with Crippen molar-refractivity contribution < 1.29 is 149 Å². The molecule has 4 heterocycles. The highest BCUT2D eigenvalue weighted by Gasteiger charge is 2.53. The van der Waals surface area contributed by atoms with Gasteiger partial charge in [0.2, 0.25) is 40.8 Å². The van der Waals surface area contributed by atoms with Gasteiger partial charge in [-0.25, -0.2) is 14.4 Å². The first kappa shape index (κ1) is 111. The van der Waals surface area contributed by atoms with Crippen molar-refractivity contribution >= 4 is 144 Å². The lowest BCUT2D eigenvalue weighted by Gasteiger charge is -2.47. The summed E-state index contributed by atoms with van der Waals surface area (Å²) < 4.78 is 90.9. The molecule has 132 heavy (non-hydrogen) atoms. The first-order chi connectivity index (χ1) is 62.7. The van der Waals surface area contributed by atoms with Gasteiger partial charge < -0.3 is 140 Å². The molecule has 18 N–H and O–H groups in total. The van der Waals surface area contributed by atoms with E-state index in [0.29, 0.717) is 39.8 Å². The molecule has 8 amide bonds. The number of nitrogens with zero attached hydrogens (tertiary/aromatic N) is 1. The number of anilines is 1. The van der Waals surface area contributed by atoms with Crippen molar-refractivity contribution in [3.8, 4) is 40.9 Å². The van der Waals surface area contributed by atoms with Crippen molar-refractivity contribution in [2.24, 2.45) is 17.4 Å². The lowest BCUT2D eigenvalue weighted by Crippen LogP contribution is -2.65. The summed E-state index contributed by atoms with van der Waals surface area (Å²) >= 11 is 2.72. The number of likely N-dealkylation sites (N-methyl/N-ethyl adjacent to an activating group) is 1. The minimum atomic E-state index is -4.69. The van der Waals surface area contributed by atoms with Crippen molar-refractivity contribution in [3.05, 3.63) is 79.6 Å². The number of fused-ring (bicyclic) bond motifs is 2. The van der Waals surface area contributed by atoms with Gasteiger partial charge in [-0.15, -0.1) is 0 Å². The largest absolute Gasteiger partial charge is 0.492 e. The normalized spacial score (nSPS) is 28.0. The molecule has 23 atom stereocenters. The minimum absolute atomic E-state index is 0.0155. The maximum atomic E-state index is 14.7. The molecule has 48 heteroatoms. The Morgan fingerprint density at radius 2 is 1.46 bits per heavy atom. The van der Waals surface area contributed by atoms with Crippen LogP contribution in [0.5, 0.6) is 17.2 Å². The number of hydroxylamine groups is 1. The third kappa shape index (κ3) is 29.9. The molecule has 2 aliphatic carbocycles. The number of aliphatic hydroxyl groups excluding tert-OH is 4. The topological polar surface area (TPSA) is 581 Å². The van der Waals surface area contributed by atoms with Crippen LogP contribution in [0.1, 0.15) is 128 Å². The Balaban J connectivity index is 1.02. The van der Waals surface area contributed by atoms with Crippen LogP contribution in [0.2, 0.25) is 0 Å². The van der Waals surface area contributed by atoms with Crippen molar-refractivity contribution in [1.29, 1.82) is 0 Å². The average molecular weight is 2080 g/mol. The van der Waals surface area contributed by atoms with Crippen LogP contribution < -0.4 is 63.1 Å². The number of Topliss-reactive ketones (excluding diaryl/α,β-unsaturated/α-hetero) is 1. The van der Waals surface area contributed by atoms with Crippen LogP contribution in [-0.4, -0.2) is 304 Å². The number of hydrogen-bond acceptors (Lipinski definition) is 36. The van der Waals surface area contributed by atoms with E-state index in [0.717, 1.165) is 51.3 Å². The van der Waals surface area contributed by atoms with E-state index in [2.05, 4.69) is 61.1 Å². The molecular weight excluding hydrogens is 1960 g/mol. The molecule has 4 fully saturated rings. The number of alkyl carbamates (subject to hydrolysis) is 1. The van der Waals surface area contributed by atoms with Crippen molar-refractivity contribution in [2.45, 2.75) is 258 Å². The first-order valence-electron chi connectivity index (χ1n) is 42.4. The number of unbranched alkanes of at least 4 members (excludes halogenated alkanes) is 1. The number of allylic oxidation sites excluding steroid dienone is 3. The SMILES string of the molecule is CCSSC(SSC/C=C1\C2=C(NC(=O)OC)C(=O)C[C@@]1(O)C#C/C=C\C#C[C@@H]2O[C@@H]1O[C@H](C)[C@@H](NO[C@H]2C[C@H](O)[C@H](SC(=O)c3c(C)c(I)c(O[C@@H]4O[C@@H](C)[C@H](O)[C@@H](OC)[C@H]4O)c(OC)c3OC)[C@@H](C)O2)[C@H](O)[C@H]1O[C@H]1C[C@H](OC)[C@@H](N(CC)C(=O)OCc2ccc(NC(=O)[C@H](CCCNC(N)=O)NC(=O)[C@@H](NC(=O)[C@H](CCCCN)NC(C)=O)C(C)C)cc2)CO1)P(=O)(O)O. The third-order valence-corrected chi connectivity index (χ3v) is 33.8. The van der Waals surface area contributed by atoms with Gasteiger partial charge in [0.15, 0.2) is 46.1 Å². The molecular formula is C84H120IN10O31PS5. The quantitative estimate of drug-likeness (QED) is 0.00827. The van der Waals surface area contributed by atoms with Crippen LogP contribution in [0.3, 0.4) is 0 Å². The molecule has 734 valence electrons. The Morgan fingerprint density at radius 3 is 2.09 bits per heavy atom. The van der Waals surface area contributed by atoms with Gasteiger partial charge in [0.25, 0.3) is 0 Å². The number of rotatable bonds is 44. The molecule has 0 radical (unpaired) electrons. The van der Waals surface area contributed by atoms with Crippen molar-refractivity contribution in [2.75, 3.05) is 78.6 Å². The summed E-state index contributed by atoms with van der Waals surface area (Å²) in [4.78, 5) is 150. The van der Waals surface area contributed by atoms with Crippen molar-refractivity contribution in [3.63, 3.8) is 0 Å². The zero-order chi connectivity index (χ0) is 97.2. The van der Waals surface area contributed by atoms with Gasteiger partial charge in [-0.05, 0) is 137 Å². The molecule has 0 saturated carbocycles. The van der Waals surface area contributed by atoms with Crippen LogP contribution in [0.25, 0.3) is 0 Å². The second-order valence-electron chi connectivity index (χ2n) is 31.5. The summed E-state index contributed by atoms with van der Waals surface area (Å²) in [6.45, 7) is 14.5. The molecule has 2 aromatic carbocycles. The van der Waals surface area contributed by atoms with Crippen LogP contribution in [0, 0.1) is 40.1 Å². The Bertz CT molecular complexity index is 4590. The number of methoxy groups -OCH3 is 5. The van der Waals surface area contributed by atoms with E-state index < -0.39 is 216 Å². The zero-order valence-electron chi connectivity index (χ0n) is 75.3. The fraction of sp³-hybridized carbons (Fsp3) is 0.631. The molecule has 0 spiro atoms. The number of hydrogen-bond donors (Lipinski definition) is 16. The molecule has 0 aromatic heterocycles. The third-order valence-electron chi connectivity index (χ3n) is 21.9. The summed E-state index contributed by atoms with van der Waals surface area (Å²) in [6.07, 6.45) is -17.3. The van der Waals surface area contributed by atoms with E-state index in [1.807, 2.05) is 29.5 Å². The molecule has 2 bridgehead atoms. The Morgan fingerprint density at radius 1 is 0.780 bits per heavy atom. The number of aliphatic hydroxyl groups is 5. The Labute approximate surface area is 799 Å². The Hall–Kier alpha value is -6.80. The highest BCUT2D eigenvalue weighted by atomic mass is 127. The lowest BCUT2D eigenvalue weighted by molar-refractivity contribution is -0.337. The highest BCUT2D eigenvalue weighted by molar-refractivity contribution is 14.1. The van der Waals surface area contributed by atoms with Crippen LogP contribution in [-0.2, 0) is 87.4 Å². The number of nitrogens with one attached hydrogen (secondary N) is 7. The smallest absolute Gasteiger partial charge is 0.411 e. The van der Waals surface area contributed by atoms with E-state index >= 15 is 0 Å². The lowest BCUT2D eigenvalue weighted by atomic mass is 9.75. The van der Waals surface area contributed by atoms with E-state index in [4.69, 9.17) is 77.9 Å². The standard InChI is InChI=1S/C84H120IN10O31PS5/c1-15-95(82(108)119-39-47-27-29-48(30-28-47)90-74(102)51(25-23-34-88-80(87)106)91-76(104)62(41(3)4)92-75(103)50(89-46(9)96)24-20-22-33-86)52-40-118-57(37-56(52)113-10)124-71-66(100)63(94-126-58-36-53(97)73(45(8)120-58)130-77(105)59-42(5)61(85)69(72(116-13)68(59)114-11)125-78-67(101)70(115-12)65(99)44(7)122-78)43(6)121-79(71)123-55-26-19-17-18-21-32-84(109)38-54(98)64(93-81(107)117-14)60(55)49(84)31-35-129-132-83(127(110,111)112)131-128-16-2/h17-18,27-31,41,43-45,50-53,55-58,62-63,65-67,70-71,73,78-79,83,94,97,99-101,109H,15-16,20,22-25,33-40,86H2,1-14H3,(H,89,96)(H,90,102)(H,91,104)(H,92,103)(H,93,107)(H3,87,88,106)(H2,110,111,112)/b18-17-,49-31+/t43-,44+,45-,50+,51+,52+,53+,55+,56+,57+,58+,62+,63-,65+,66+,67-,70-,71-,73-,78+,79+,83?,84+/m1/s1. The second kappa shape index (κ2) is 52.7. The van der Waals surface area contributed by atoms with E-state index in [-0.39, 0.29) is 104 Å². The monoisotopic (exact) mass is 2080 g/mol. The number of thioether (sulfide) groups is 1. The number of nitrogens with two attached hydrogens (primary N) is 2. The predicted octanol–water partition coefficient (Wildman–Crippen LogP) is 4.48. The Kier molecular flexibility index (Phi) is 44.1. The first-order valence-corrected chi connectivity index (χ1v) is 50.8. The molecule has 4 aliphatic heterocycles. The van der Waals surface area contributed by atoms with Gasteiger partial charge in [-0.1, -0.05) is 118 Å². The fourth-order valence-corrected chi connectivity index (χ4v) is 25.4. The van der Waals surface area contributed by atoms with Gasteiger partial charge in [0.05, 0.1) is 97.0 Å². The van der Waals surface area contributed by atoms with Gasteiger partial charge >= 0.3 is 25.8 Å². The average Bonchev–Trinajstić information content (AvgIpc) is 0.748. The summed E-state index contributed by atoms with van der Waals surface area (Å²) in [5, 5.41) is 73.8. The number of carbonyl (C=O) groups is 9. The van der Waals surface area contributed by atoms with Crippen LogP contribution in [0.4, 0.5) is 20.1 Å². The minimum Gasteiger partial charge on any atom is -0.492 e. The molecule has 4 saturated heterocycles. The zero-order valence-corrected chi connectivity index (χ0v) is 82.5. The number of halogens is 1. The molecule has 6 aliphatic rings. The molecule has 1 unspecified atom stereocenters. The van der Waals surface area contributed by atoms with Gasteiger partial charge in [0.1, 0.15) is 61.4 Å². The van der Waals surface area contributed by atoms with Gasteiger partial charge in [0, 0.05) is 75.4 Å². The predicted molar refractivity (Wildman–Crippen MR) is 498 cm³/mol. The van der Waals surface area contributed by atoms with Gasteiger partial charge in [-0.2, -0.15) is 5.48 Å². The summed E-state index contributed by atoms with van der Waals surface area (Å²) in [6, 6.07) is -0.0204. The summed E-state index contributed by atoms with van der Waals surface area (Å²) in [7, 11) is 5.80. The maximum absolute atomic E-state index is 14.7. The van der Waals surface area contributed by atoms with E-state index in [1.54, 1.807) is 65.8 Å². The van der Waals surface area contributed by atoms with Gasteiger partial charge in [-0.3, -0.25) is 43.5 Å². The van der Waals surface area contributed by atoms with E-state index in [9.17, 15) is 83.0 Å². The number of amides is 8. The van der Waals surface area contributed by atoms with Crippen LogP contribution in [0.15, 0.2) is 59.3 Å². The number of benzene rings is 2. The number of carbonyl (C=O) groups excluding carboxylic acids is 9. The highest BCUT2D eigenvalue weighted by Crippen LogP contribution is 2.59. The number of ketones is 1. The maximum Gasteiger partial charge on any atom is 0.411 e. The summed E-state index contributed by atoms with van der Waals surface area (Å²) in [5.74, 6) is 7.89. The van der Waals surface area contributed by atoms with Crippen molar-refractivity contribution in [1.82, 2.24) is 37.0 Å². The number of primary amides is 1. The van der Waals surface area contributed by atoms with E-state index in [1.165, 1.54) is 76.2 Å². The molecule has 41 nitrogen and oxygen atoms in total. The number of ether oxygens (including phenoxy) is 13. The second-order valence-corrected chi connectivity index (χ2v) is 41.7.